The molecule has 0 saturated heterocycles. The third-order valence-electron chi connectivity index (χ3n) is 3.85. The SMILES string of the molecule is CN(C)c1ccc(-c2ccccc2)c(-c2ccccc2)c1P. The van der Waals surface area contributed by atoms with E-state index in [-0.39, 0.29) is 0 Å². The summed E-state index contributed by atoms with van der Waals surface area (Å²) in [5.41, 5.74) is 6.26. The highest BCUT2D eigenvalue weighted by atomic mass is 31.0. The van der Waals surface area contributed by atoms with Crippen LogP contribution in [0.4, 0.5) is 5.69 Å². The molecule has 0 saturated carbocycles. The summed E-state index contributed by atoms with van der Waals surface area (Å²) in [7, 11) is 7.10. The summed E-state index contributed by atoms with van der Waals surface area (Å²) in [5, 5.41) is 1.23. The van der Waals surface area contributed by atoms with Crippen LogP contribution in [-0.2, 0) is 0 Å². The first-order valence-corrected chi connectivity index (χ1v) is 7.97. The number of anilines is 1. The highest BCUT2D eigenvalue weighted by molar-refractivity contribution is 7.28. The fourth-order valence-electron chi connectivity index (χ4n) is 2.77. The summed E-state index contributed by atoms with van der Waals surface area (Å²) in [6.07, 6.45) is 0. The number of hydrogen-bond acceptors (Lipinski definition) is 1. The number of nitrogens with zero attached hydrogens (tertiary/aromatic N) is 1. The third kappa shape index (κ3) is 2.77. The zero-order valence-corrected chi connectivity index (χ0v) is 14.1. The molecule has 0 aromatic heterocycles. The number of benzene rings is 3. The van der Waals surface area contributed by atoms with E-state index in [2.05, 4.69) is 101 Å². The summed E-state index contributed by atoms with van der Waals surface area (Å²) in [6.45, 7) is 0. The van der Waals surface area contributed by atoms with Gasteiger partial charge in [0.15, 0.2) is 0 Å². The average molecular weight is 305 g/mol. The first-order chi connectivity index (χ1) is 10.7. The molecule has 0 aliphatic carbocycles. The molecule has 1 unspecified atom stereocenters. The molecule has 110 valence electrons. The minimum atomic E-state index is 1.23. The van der Waals surface area contributed by atoms with E-state index in [9.17, 15) is 0 Å². The van der Waals surface area contributed by atoms with Crippen LogP contribution in [0.3, 0.4) is 0 Å². The van der Waals surface area contributed by atoms with Crippen molar-refractivity contribution < 1.29 is 0 Å². The lowest BCUT2D eigenvalue weighted by Gasteiger charge is -2.21. The second-order valence-corrected chi connectivity index (χ2v) is 6.12. The van der Waals surface area contributed by atoms with Gasteiger partial charge >= 0.3 is 0 Å². The molecule has 0 fully saturated rings. The fourth-order valence-corrected chi connectivity index (χ4v) is 3.45. The zero-order valence-electron chi connectivity index (χ0n) is 13.0. The minimum absolute atomic E-state index is 1.23. The quantitative estimate of drug-likeness (QED) is 0.640. The predicted molar refractivity (Wildman–Crippen MR) is 101 cm³/mol. The monoisotopic (exact) mass is 305 g/mol. The van der Waals surface area contributed by atoms with Gasteiger partial charge in [0.05, 0.1) is 0 Å². The van der Waals surface area contributed by atoms with Crippen molar-refractivity contribution in [1.82, 2.24) is 0 Å². The van der Waals surface area contributed by atoms with Gasteiger partial charge in [0.25, 0.3) is 0 Å². The fraction of sp³-hybridized carbons (Fsp3) is 0.100. The molecule has 3 aromatic rings. The Morgan fingerprint density at radius 2 is 1.23 bits per heavy atom. The maximum absolute atomic E-state index is 2.93. The molecule has 1 atom stereocenters. The molecule has 0 radical (unpaired) electrons. The Kier molecular flexibility index (Phi) is 4.27. The summed E-state index contributed by atoms with van der Waals surface area (Å²) >= 11 is 0. The van der Waals surface area contributed by atoms with Gasteiger partial charge in [0.1, 0.15) is 0 Å². The summed E-state index contributed by atoms with van der Waals surface area (Å²) in [5.74, 6) is 0. The third-order valence-corrected chi connectivity index (χ3v) is 4.44. The van der Waals surface area contributed by atoms with Gasteiger partial charge in [-0.15, -0.1) is 9.24 Å². The second kappa shape index (κ2) is 6.34. The number of hydrogen-bond donors (Lipinski definition) is 0. The second-order valence-electron chi connectivity index (χ2n) is 5.55. The summed E-state index contributed by atoms with van der Waals surface area (Å²) in [4.78, 5) is 2.16. The molecule has 0 spiro atoms. The Morgan fingerprint density at radius 1 is 0.682 bits per heavy atom. The molecule has 0 bridgehead atoms. The lowest BCUT2D eigenvalue weighted by molar-refractivity contribution is 1.14. The van der Waals surface area contributed by atoms with Gasteiger partial charge in [-0.3, -0.25) is 0 Å². The first kappa shape index (κ1) is 14.8. The molecule has 0 aliphatic rings. The molecule has 0 aliphatic heterocycles. The predicted octanol–water partition coefficient (Wildman–Crippen LogP) is 4.59. The van der Waals surface area contributed by atoms with E-state index in [1.54, 1.807) is 0 Å². The van der Waals surface area contributed by atoms with Gasteiger partial charge in [-0.1, -0.05) is 66.7 Å². The zero-order chi connectivity index (χ0) is 15.5. The van der Waals surface area contributed by atoms with Crippen molar-refractivity contribution in [1.29, 1.82) is 0 Å². The average Bonchev–Trinajstić information content (AvgIpc) is 2.55. The van der Waals surface area contributed by atoms with Gasteiger partial charge in [-0.05, 0) is 28.3 Å². The normalized spacial score (nSPS) is 10.5. The Morgan fingerprint density at radius 3 is 1.77 bits per heavy atom. The highest BCUT2D eigenvalue weighted by Gasteiger charge is 2.14. The van der Waals surface area contributed by atoms with Crippen LogP contribution >= 0.6 is 9.24 Å². The molecule has 22 heavy (non-hydrogen) atoms. The maximum Gasteiger partial charge on any atom is 0.0440 e. The van der Waals surface area contributed by atoms with E-state index in [0.29, 0.717) is 0 Å². The molecule has 1 nitrogen and oxygen atoms in total. The molecular formula is C20H20NP. The van der Waals surface area contributed by atoms with Crippen LogP contribution in [0.5, 0.6) is 0 Å². The van der Waals surface area contributed by atoms with E-state index >= 15 is 0 Å². The summed E-state index contributed by atoms with van der Waals surface area (Å²) < 4.78 is 0. The van der Waals surface area contributed by atoms with Crippen LogP contribution in [0.1, 0.15) is 0 Å². The lowest BCUT2D eigenvalue weighted by Crippen LogP contribution is -2.17. The highest BCUT2D eigenvalue weighted by Crippen LogP contribution is 2.34. The van der Waals surface area contributed by atoms with Gasteiger partial charge in [-0.2, -0.15) is 0 Å². The molecule has 3 aromatic carbocycles. The van der Waals surface area contributed by atoms with Crippen molar-refractivity contribution in [2.24, 2.45) is 0 Å². The molecule has 2 heteroatoms. The number of rotatable bonds is 3. The minimum Gasteiger partial charge on any atom is -0.377 e. The summed E-state index contributed by atoms with van der Waals surface area (Å²) in [6, 6.07) is 25.6. The Labute approximate surface area is 134 Å². The van der Waals surface area contributed by atoms with Crippen molar-refractivity contribution in [2.75, 3.05) is 19.0 Å². The Balaban J connectivity index is 2.29. The van der Waals surface area contributed by atoms with Crippen LogP contribution < -0.4 is 10.2 Å². The van der Waals surface area contributed by atoms with E-state index in [0.717, 1.165) is 0 Å². The smallest absolute Gasteiger partial charge is 0.0440 e. The topological polar surface area (TPSA) is 3.24 Å². The standard InChI is InChI=1S/C20H20NP/c1-21(2)18-14-13-17(15-9-5-3-6-10-15)19(20(18)22)16-11-7-4-8-12-16/h3-14H,22H2,1-2H3. The molecule has 0 N–H and O–H groups in total. The van der Waals surface area contributed by atoms with Crippen molar-refractivity contribution in [3.8, 4) is 22.3 Å². The Bertz CT molecular complexity index is 764. The lowest BCUT2D eigenvalue weighted by atomic mass is 9.93. The van der Waals surface area contributed by atoms with E-state index in [1.165, 1.54) is 33.2 Å². The molecule has 3 rings (SSSR count). The molecule has 0 amide bonds. The first-order valence-electron chi connectivity index (χ1n) is 7.39. The van der Waals surface area contributed by atoms with Crippen LogP contribution in [-0.4, -0.2) is 14.1 Å². The van der Waals surface area contributed by atoms with Crippen molar-refractivity contribution >= 4 is 20.2 Å². The van der Waals surface area contributed by atoms with Gasteiger partial charge in [0, 0.05) is 25.1 Å². The maximum atomic E-state index is 2.93. The van der Waals surface area contributed by atoms with Crippen LogP contribution in [0, 0.1) is 0 Å². The Hall–Kier alpha value is -2.11. The van der Waals surface area contributed by atoms with Crippen LogP contribution in [0.25, 0.3) is 22.3 Å². The van der Waals surface area contributed by atoms with Crippen molar-refractivity contribution in [3.63, 3.8) is 0 Å². The van der Waals surface area contributed by atoms with Crippen LogP contribution in [0.2, 0.25) is 0 Å². The van der Waals surface area contributed by atoms with Crippen molar-refractivity contribution in [2.45, 2.75) is 0 Å². The molecule has 0 heterocycles. The van der Waals surface area contributed by atoms with Crippen molar-refractivity contribution in [3.05, 3.63) is 72.8 Å². The van der Waals surface area contributed by atoms with Gasteiger partial charge in [0.2, 0.25) is 0 Å². The molecular weight excluding hydrogens is 285 g/mol. The van der Waals surface area contributed by atoms with Crippen LogP contribution in [0.15, 0.2) is 72.8 Å². The van der Waals surface area contributed by atoms with E-state index < -0.39 is 0 Å². The van der Waals surface area contributed by atoms with E-state index in [1.807, 2.05) is 0 Å². The van der Waals surface area contributed by atoms with E-state index in [4.69, 9.17) is 0 Å². The largest absolute Gasteiger partial charge is 0.377 e. The van der Waals surface area contributed by atoms with Gasteiger partial charge in [-0.25, -0.2) is 0 Å². The van der Waals surface area contributed by atoms with Gasteiger partial charge < -0.3 is 4.90 Å².